The van der Waals surface area contributed by atoms with Crippen molar-refractivity contribution in [2.24, 2.45) is 4.99 Å². The maximum atomic E-state index is 4.36. The molecule has 0 rings (SSSR count). The molecule has 0 bridgehead atoms. The van der Waals surface area contributed by atoms with E-state index < -0.39 is 0 Å². The van der Waals surface area contributed by atoms with Crippen molar-refractivity contribution >= 4 is 6.21 Å². The fourth-order valence-corrected chi connectivity index (χ4v) is 1.03. The topological polar surface area (TPSA) is 12.4 Å². The second-order valence-electron chi connectivity index (χ2n) is 2.61. The van der Waals surface area contributed by atoms with E-state index in [9.17, 15) is 0 Å². The number of rotatable bonds is 5. The van der Waals surface area contributed by atoms with Gasteiger partial charge in [-0.1, -0.05) is 26.7 Å². The van der Waals surface area contributed by atoms with Gasteiger partial charge in [0.2, 0.25) is 0 Å². The van der Waals surface area contributed by atoms with Gasteiger partial charge in [-0.3, -0.25) is 4.99 Å². The van der Waals surface area contributed by atoms with E-state index in [2.05, 4.69) is 18.8 Å². The van der Waals surface area contributed by atoms with Gasteiger partial charge >= 0.3 is 0 Å². The predicted octanol–water partition coefficient (Wildman–Crippen LogP) is 3.05. The summed E-state index contributed by atoms with van der Waals surface area (Å²) in [5, 5.41) is 0. The maximum absolute atomic E-state index is 4.36. The predicted molar refractivity (Wildman–Crippen MR) is 47.8 cm³/mol. The highest BCUT2D eigenvalue weighted by Gasteiger charge is 1.99. The van der Waals surface area contributed by atoms with E-state index in [0.717, 1.165) is 0 Å². The molecule has 0 radical (unpaired) electrons. The summed E-state index contributed by atoms with van der Waals surface area (Å²) in [4.78, 5) is 4.36. The standard InChI is InChI=1S/C9H19N/c1-4-7-8-9(5-2)10-6-3/h6,9H,4-5,7-8H2,1-3H3. The summed E-state index contributed by atoms with van der Waals surface area (Å²) in [7, 11) is 0. The van der Waals surface area contributed by atoms with Gasteiger partial charge in [-0.15, -0.1) is 0 Å². The van der Waals surface area contributed by atoms with Crippen molar-refractivity contribution in [3.63, 3.8) is 0 Å². The van der Waals surface area contributed by atoms with Gasteiger partial charge in [0, 0.05) is 6.04 Å². The number of unbranched alkanes of at least 4 members (excludes halogenated alkanes) is 1. The molecule has 0 saturated carbocycles. The maximum Gasteiger partial charge on any atom is 0.0493 e. The van der Waals surface area contributed by atoms with Gasteiger partial charge in [0.1, 0.15) is 0 Å². The van der Waals surface area contributed by atoms with Crippen LogP contribution in [-0.4, -0.2) is 12.3 Å². The van der Waals surface area contributed by atoms with E-state index in [1.54, 1.807) is 0 Å². The molecule has 10 heavy (non-hydrogen) atoms. The Balaban J connectivity index is 3.39. The zero-order valence-corrected chi connectivity index (χ0v) is 7.43. The Kier molecular flexibility index (Phi) is 6.56. The van der Waals surface area contributed by atoms with Crippen LogP contribution >= 0.6 is 0 Å². The number of hydrogen-bond donors (Lipinski definition) is 0. The average Bonchev–Trinajstić information content (AvgIpc) is 1.98. The van der Waals surface area contributed by atoms with Crippen molar-refractivity contribution in [1.82, 2.24) is 0 Å². The Morgan fingerprint density at radius 3 is 2.50 bits per heavy atom. The van der Waals surface area contributed by atoms with Crippen LogP contribution in [-0.2, 0) is 0 Å². The highest BCUT2D eigenvalue weighted by Crippen LogP contribution is 2.07. The van der Waals surface area contributed by atoms with Crippen LogP contribution in [0.15, 0.2) is 4.99 Å². The van der Waals surface area contributed by atoms with Crippen LogP contribution in [0.4, 0.5) is 0 Å². The molecule has 0 fully saturated rings. The van der Waals surface area contributed by atoms with E-state index in [-0.39, 0.29) is 0 Å². The molecular weight excluding hydrogens is 122 g/mol. The summed E-state index contributed by atoms with van der Waals surface area (Å²) >= 11 is 0. The molecule has 1 atom stereocenters. The molecule has 0 aliphatic heterocycles. The lowest BCUT2D eigenvalue weighted by Gasteiger charge is -2.06. The normalized spacial score (nSPS) is 14.3. The van der Waals surface area contributed by atoms with Gasteiger partial charge in [-0.25, -0.2) is 0 Å². The average molecular weight is 141 g/mol. The van der Waals surface area contributed by atoms with Crippen molar-refractivity contribution in [2.75, 3.05) is 0 Å². The van der Waals surface area contributed by atoms with Crippen molar-refractivity contribution < 1.29 is 0 Å². The van der Waals surface area contributed by atoms with Gasteiger partial charge < -0.3 is 0 Å². The molecule has 0 spiro atoms. The van der Waals surface area contributed by atoms with Crippen molar-refractivity contribution in [3.05, 3.63) is 0 Å². The molecule has 0 amide bonds. The van der Waals surface area contributed by atoms with Crippen LogP contribution < -0.4 is 0 Å². The van der Waals surface area contributed by atoms with E-state index in [1.165, 1.54) is 25.7 Å². The zero-order valence-electron chi connectivity index (χ0n) is 7.43. The Labute approximate surface area is 64.6 Å². The zero-order chi connectivity index (χ0) is 7.82. The highest BCUT2D eigenvalue weighted by molar-refractivity contribution is 5.53. The highest BCUT2D eigenvalue weighted by atomic mass is 14.8. The molecule has 0 N–H and O–H groups in total. The molecule has 0 aromatic heterocycles. The van der Waals surface area contributed by atoms with Gasteiger partial charge in [0.25, 0.3) is 0 Å². The van der Waals surface area contributed by atoms with Crippen LogP contribution in [0.25, 0.3) is 0 Å². The first kappa shape index (κ1) is 9.67. The lowest BCUT2D eigenvalue weighted by Crippen LogP contribution is -2.01. The van der Waals surface area contributed by atoms with Gasteiger partial charge in [-0.05, 0) is 26.0 Å². The number of aliphatic imine (C=N–C) groups is 1. The molecule has 0 aliphatic carbocycles. The first-order valence-corrected chi connectivity index (χ1v) is 4.32. The number of nitrogens with zero attached hydrogens (tertiary/aromatic N) is 1. The van der Waals surface area contributed by atoms with Crippen molar-refractivity contribution in [3.8, 4) is 0 Å². The first-order chi connectivity index (χ1) is 4.85. The molecule has 1 nitrogen and oxygen atoms in total. The first-order valence-electron chi connectivity index (χ1n) is 4.32. The fourth-order valence-electron chi connectivity index (χ4n) is 1.03. The van der Waals surface area contributed by atoms with Crippen LogP contribution in [0.3, 0.4) is 0 Å². The minimum Gasteiger partial charge on any atom is -0.295 e. The summed E-state index contributed by atoms with van der Waals surface area (Å²) < 4.78 is 0. The molecule has 0 saturated heterocycles. The largest absolute Gasteiger partial charge is 0.295 e. The van der Waals surface area contributed by atoms with Crippen LogP contribution in [0, 0.1) is 0 Å². The Morgan fingerprint density at radius 1 is 1.40 bits per heavy atom. The molecule has 0 aromatic rings. The van der Waals surface area contributed by atoms with Crippen LogP contribution in [0.1, 0.15) is 46.5 Å². The summed E-state index contributed by atoms with van der Waals surface area (Å²) in [6, 6.07) is 0.588. The molecule has 60 valence electrons. The lowest BCUT2D eigenvalue weighted by atomic mass is 10.1. The van der Waals surface area contributed by atoms with Gasteiger partial charge in [-0.2, -0.15) is 0 Å². The van der Waals surface area contributed by atoms with Gasteiger partial charge in [0.15, 0.2) is 0 Å². The molecule has 1 heteroatoms. The second-order valence-corrected chi connectivity index (χ2v) is 2.61. The number of hydrogen-bond acceptors (Lipinski definition) is 1. The molecule has 0 aliphatic rings. The van der Waals surface area contributed by atoms with Crippen LogP contribution in [0.5, 0.6) is 0 Å². The molecule has 1 unspecified atom stereocenters. The molecule has 0 aromatic carbocycles. The summed E-state index contributed by atoms with van der Waals surface area (Å²) in [6.45, 7) is 6.42. The van der Waals surface area contributed by atoms with Crippen molar-refractivity contribution in [2.45, 2.75) is 52.5 Å². The third-order valence-corrected chi connectivity index (χ3v) is 1.72. The monoisotopic (exact) mass is 141 g/mol. The minimum absolute atomic E-state index is 0.588. The third kappa shape index (κ3) is 4.54. The Bertz CT molecular complexity index is 86.7. The summed E-state index contributed by atoms with van der Waals surface area (Å²) in [6.07, 6.45) is 6.97. The summed E-state index contributed by atoms with van der Waals surface area (Å²) in [5.74, 6) is 0. The SMILES string of the molecule is CC=NC(CC)CCCC. The van der Waals surface area contributed by atoms with Crippen molar-refractivity contribution in [1.29, 1.82) is 0 Å². The van der Waals surface area contributed by atoms with E-state index in [1.807, 2.05) is 13.1 Å². The van der Waals surface area contributed by atoms with E-state index in [4.69, 9.17) is 0 Å². The smallest absolute Gasteiger partial charge is 0.0493 e. The third-order valence-electron chi connectivity index (χ3n) is 1.72. The Hall–Kier alpha value is -0.330. The Morgan fingerprint density at radius 2 is 2.10 bits per heavy atom. The molecular formula is C9H19N. The van der Waals surface area contributed by atoms with E-state index in [0.29, 0.717) is 6.04 Å². The quantitative estimate of drug-likeness (QED) is 0.522. The summed E-state index contributed by atoms with van der Waals surface area (Å²) in [5.41, 5.74) is 0. The van der Waals surface area contributed by atoms with E-state index >= 15 is 0 Å². The van der Waals surface area contributed by atoms with Crippen LogP contribution in [0.2, 0.25) is 0 Å². The van der Waals surface area contributed by atoms with Gasteiger partial charge in [0.05, 0.1) is 0 Å². The second kappa shape index (κ2) is 6.79. The fraction of sp³-hybridized carbons (Fsp3) is 0.889. The molecule has 0 heterocycles. The lowest BCUT2D eigenvalue weighted by molar-refractivity contribution is 0.566. The minimum atomic E-state index is 0.588.